The second-order valence-corrected chi connectivity index (χ2v) is 5.43. The quantitative estimate of drug-likeness (QED) is 0.881. The van der Waals surface area contributed by atoms with Crippen LogP contribution in [-0.2, 0) is 13.6 Å². The molecule has 0 spiro atoms. The first-order chi connectivity index (χ1) is 10.3. The van der Waals surface area contributed by atoms with Crippen molar-refractivity contribution in [2.24, 2.45) is 7.05 Å². The Labute approximate surface area is 127 Å². The van der Waals surface area contributed by atoms with E-state index in [1.165, 1.54) is 6.07 Å². The van der Waals surface area contributed by atoms with Gasteiger partial charge < -0.3 is 14.8 Å². The van der Waals surface area contributed by atoms with Crippen LogP contribution in [0.3, 0.4) is 0 Å². The second-order valence-electron chi connectivity index (χ2n) is 5.43. The zero-order chi connectivity index (χ0) is 16.4. The lowest BCUT2D eigenvalue weighted by molar-refractivity contribution is 0.0694. The minimum Gasteiger partial charge on any atom is -0.478 e. The molecule has 7 heteroatoms. The van der Waals surface area contributed by atoms with Crippen molar-refractivity contribution in [2.45, 2.75) is 33.2 Å². The summed E-state index contributed by atoms with van der Waals surface area (Å²) in [6.07, 6.45) is 1.67. The van der Waals surface area contributed by atoms with Crippen molar-refractivity contribution in [3.63, 3.8) is 0 Å². The summed E-state index contributed by atoms with van der Waals surface area (Å²) in [6, 6.07) is 1.42. The summed E-state index contributed by atoms with van der Waals surface area (Å²) >= 11 is 0. The van der Waals surface area contributed by atoms with E-state index in [4.69, 9.17) is 9.52 Å². The minimum absolute atomic E-state index is 0.105. The Morgan fingerprint density at radius 1 is 1.41 bits per heavy atom. The lowest BCUT2D eigenvalue weighted by Gasteiger charge is -2.05. The maximum Gasteiger partial charge on any atom is 0.339 e. The van der Waals surface area contributed by atoms with Crippen LogP contribution < -0.4 is 5.32 Å². The minimum atomic E-state index is -1.05. The summed E-state index contributed by atoms with van der Waals surface area (Å²) in [6.45, 7) is 5.63. The standard InChI is InChI=1S/C15H19N3O4/c1-8(2)13-12(7-18(4)17-13)14(19)16-6-10-5-11(15(20)21)9(3)22-10/h5,7-8H,6H2,1-4H3,(H,16,19)(H,20,21). The van der Waals surface area contributed by atoms with Crippen molar-refractivity contribution in [2.75, 3.05) is 0 Å². The van der Waals surface area contributed by atoms with Crippen LogP contribution >= 0.6 is 0 Å². The molecule has 0 saturated carbocycles. The molecule has 0 radical (unpaired) electrons. The van der Waals surface area contributed by atoms with Gasteiger partial charge in [0.2, 0.25) is 0 Å². The van der Waals surface area contributed by atoms with Crippen molar-refractivity contribution in [1.82, 2.24) is 15.1 Å². The Morgan fingerprint density at radius 2 is 2.09 bits per heavy atom. The Balaban J connectivity index is 2.10. The molecule has 0 aliphatic carbocycles. The van der Waals surface area contributed by atoms with Crippen molar-refractivity contribution in [3.8, 4) is 0 Å². The highest BCUT2D eigenvalue weighted by Crippen LogP contribution is 2.18. The SMILES string of the molecule is Cc1oc(CNC(=O)c2cn(C)nc2C(C)C)cc1C(=O)O. The Bertz CT molecular complexity index is 712. The molecule has 1 amide bonds. The molecule has 2 N–H and O–H groups in total. The van der Waals surface area contributed by atoms with Crippen LogP contribution in [0.1, 0.15) is 57.7 Å². The zero-order valence-corrected chi connectivity index (χ0v) is 13.0. The number of carboxylic acid groups (broad SMARTS) is 1. The number of hydrogen-bond donors (Lipinski definition) is 2. The number of rotatable bonds is 5. The Hall–Kier alpha value is -2.57. The van der Waals surface area contributed by atoms with E-state index >= 15 is 0 Å². The average Bonchev–Trinajstić information content (AvgIpc) is 2.99. The highest BCUT2D eigenvalue weighted by Gasteiger charge is 2.19. The van der Waals surface area contributed by atoms with Gasteiger partial charge in [-0.1, -0.05) is 13.8 Å². The highest BCUT2D eigenvalue weighted by molar-refractivity contribution is 5.95. The number of furan rings is 1. The molecular formula is C15H19N3O4. The lowest BCUT2D eigenvalue weighted by Crippen LogP contribution is -2.23. The van der Waals surface area contributed by atoms with E-state index in [9.17, 15) is 9.59 Å². The molecule has 2 rings (SSSR count). The third-order valence-corrected chi connectivity index (χ3v) is 3.27. The summed E-state index contributed by atoms with van der Waals surface area (Å²) in [5, 5.41) is 16.0. The molecule has 118 valence electrons. The largest absolute Gasteiger partial charge is 0.478 e. The lowest BCUT2D eigenvalue weighted by atomic mass is 10.1. The highest BCUT2D eigenvalue weighted by atomic mass is 16.4. The number of aryl methyl sites for hydroxylation is 2. The van der Waals surface area contributed by atoms with E-state index < -0.39 is 5.97 Å². The molecule has 0 aliphatic rings. The normalized spacial score (nSPS) is 11.0. The van der Waals surface area contributed by atoms with E-state index in [1.807, 2.05) is 13.8 Å². The van der Waals surface area contributed by atoms with Gasteiger partial charge in [0, 0.05) is 13.2 Å². The molecule has 22 heavy (non-hydrogen) atoms. The molecule has 2 aromatic heterocycles. The summed E-state index contributed by atoms with van der Waals surface area (Å²) < 4.78 is 6.93. The molecule has 2 aromatic rings. The van der Waals surface area contributed by atoms with Crippen LogP contribution in [0.4, 0.5) is 0 Å². The molecule has 0 bridgehead atoms. The molecule has 2 heterocycles. The Morgan fingerprint density at radius 3 is 2.64 bits per heavy atom. The van der Waals surface area contributed by atoms with Crippen molar-refractivity contribution in [1.29, 1.82) is 0 Å². The number of nitrogens with zero attached hydrogens (tertiary/aromatic N) is 2. The first-order valence-electron chi connectivity index (χ1n) is 6.94. The second kappa shape index (κ2) is 6.05. The number of aromatic nitrogens is 2. The Kier molecular flexibility index (Phi) is 4.35. The molecule has 0 fully saturated rings. The third kappa shape index (κ3) is 3.19. The number of carbonyl (C=O) groups is 2. The summed E-state index contributed by atoms with van der Waals surface area (Å²) in [7, 11) is 1.76. The zero-order valence-electron chi connectivity index (χ0n) is 13.0. The fourth-order valence-corrected chi connectivity index (χ4v) is 2.21. The van der Waals surface area contributed by atoms with Crippen LogP contribution in [0.2, 0.25) is 0 Å². The summed E-state index contributed by atoms with van der Waals surface area (Å²) in [5.74, 6) is -0.457. The van der Waals surface area contributed by atoms with Gasteiger partial charge in [0.15, 0.2) is 0 Å². The van der Waals surface area contributed by atoms with Gasteiger partial charge in [-0.3, -0.25) is 9.48 Å². The maximum atomic E-state index is 12.3. The van der Waals surface area contributed by atoms with Gasteiger partial charge in [-0.15, -0.1) is 0 Å². The molecule has 7 nitrogen and oxygen atoms in total. The predicted octanol–water partition coefficient (Wildman–Crippen LogP) is 2.07. The predicted molar refractivity (Wildman–Crippen MR) is 78.9 cm³/mol. The van der Waals surface area contributed by atoms with E-state index in [2.05, 4.69) is 10.4 Å². The van der Waals surface area contributed by atoms with Crippen molar-refractivity contribution < 1.29 is 19.1 Å². The van der Waals surface area contributed by atoms with Crippen molar-refractivity contribution >= 4 is 11.9 Å². The fraction of sp³-hybridized carbons (Fsp3) is 0.400. The first kappa shape index (κ1) is 15.8. The maximum absolute atomic E-state index is 12.3. The molecule has 0 unspecified atom stereocenters. The van der Waals surface area contributed by atoms with Gasteiger partial charge in [-0.25, -0.2) is 4.79 Å². The summed E-state index contributed by atoms with van der Waals surface area (Å²) in [5.41, 5.74) is 1.34. The van der Waals surface area contributed by atoms with Gasteiger partial charge >= 0.3 is 5.97 Å². The van der Waals surface area contributed by atoms with Crippen LogP contribution in [-0.4, -0.2) is 26.8 Å². The topological polar surface area (TPSA) is 97.4 Å². The van der Waals surface area contributed by atoms with E-state index in [0.29, 0.717) is 17.1 Å². The summed E-state index contributed by atoms with van der Waals surface area (Å²) in [4.78, 5) is 23.2. The van der Waals surface area contributed by atoms with Gasteiger partial charge in [0.25, 0.3) is 5.91 Å². The number of nitrogens with one attached hydrogen (secondary N) is 1. The van der Waals surface area contributed by atoms with Crippen LogP contribution in [0.15, 0.2) is 16.7 Å². The van der Waals surface area contributed by atoms with Crippen LogP contribution in [0.25, 0.3) is 0 Å². The molecule has 0 aromatic carbocycles. The fourth-order valence-electron chi connectivity index (χ4n) is 2.21. The van der Waals surface area contributed by atoms with E-state index in [-0.39, 0.29) is 23.9 Å². The third-order valence-electron chi connectivity index (χ3n) is 3.27. The number of amides is 1. The van der Waals surface area contributed by atoms with E-state index in [0.717, 1.165) is 5.69 Å². The molecule has 0 atom stereocenters. The molecule has 0 saturated heterocycles. The number of carbonyl (C=O) groups excluding carboxylic acids is 1. The van der Waals surface area contributed by atoms with Gasteiger partial charge in [0.05, 0.1) is 17.8 Å². The number of carboxylic acids is 1. The molecule has 0 aliphatic heterocycles. The average molecular weight is 305 g/mol. The van der Waals surface area contributed by atoms with Gasteiger partial charge in [-0.05, 0) is 18.9 Å². The molecular weight excluding hydrogens is 286 g/mol. The van der Waals surface area contributed by atoms with E-state index in [1.54, 1.807) is 24.9 Å². The number of aromatic carboxylic acids is 1. The van der Waals surface area contributed by atoms with Gasteiger partial charge in [0.1, 0.15) is 17.1 Å². The van der Waals surface area contributed by atoms with Crippen LogP contribution in [0, 0.1) is 6.92 Å². The monoisotopic (exact) mass is 305 g/mol. The van der Waals surface area contributed by atoms with Gasteiger partial charge in [-0.2, -0.15) is 5.10 Å². The van der Waals surface area contributed by atoms with Crippen molar-refractivity contribution in [3.05, 3.63) is 40.6 Å². The smallest absolute Gasteiger partial charge is 0.339 e. The number of hydrogen-bond acceptors (Lipinski definition) is 4. The van der Waals surface area contributed by atoms with Crippen LogP contribution in [0.5, 0.6) is 0 Å². The first-order valence-corrected chi connectivity index (χ1v) is 6.94.